The average molecular weight is 397 g/mol. The third-order valence-corrected chi connectivity index (χ3v) is 5.77. The van der Waals surface area contributed by atoms with Crippen molar-refractivity contribution >= 4 is 46.7 Å². The van der Waals surface area contributed by atoms with E-state index in [1.54, 1.807) is 28.0 Å². The van der Waals surface area contributed by atoms with E-state index in [2.05, 4.69) is 10.6 Å². The predicted octanol–water partition coefficient (Wildman–Crippen LogP) is 2.09. The normalized spacial score (nSPS) is 27.4. The molecule has 0 aliphatic carbocycles. The number of fused-ring (bicyclic) bond motifs is 2. The molecule has 9 heteroatoms. The summed E-state index contributed by atoms with van der Waals surface area (Å²) in [5.74, 6) is -0.00983. The van der Waals surface area contributed by atoms with E-state index in [1.165, 1.54) is 0 Å². The predicted molar refractivity (Wildman–Crippen MR) is 97.3 cm³/mol. The highest BCUT2D eigenvalue weighted by Gasteiger charge is 2.51. The van der Waals surface area contributed by atoms with Crippen LogP contribution in [0.4, 0.5) is 10.5 Å². The Hall–Kier alpha value is -1.99. The molecule has 3 heterocycles. The molecule has 0 unspecified atom stereocenters. The van der Waals surface area contributed by atoms with Crippen molar-refractivity contribution in [1.29, 1.82) is 0 Å². The van der Waals surface area contributed by atoms with Crippen LogP contribution in [0.25, 0.3) is 0 Å². The van der Waals surface area contributed by atoms with Gasteiger partial charge in [0, 0.05) is 18.1 Å². The lowest BCUT2D eigenvalue weighted by Gasteiger charge is -2.38. The minimum absolute atomic E-state index is 0.00491. The number of piperazine rings is 1. The lowest BCUT2D eigenvalue weighted by molar-refractivity contribution is -0.156. The highest BCUT2D eigenvalue weighted by atomic mass is 35.5. The summed E-state index contributed by atoms with van der Waals surface area (Å²) >= 11 is 12.0. The van der Waals surface area contributed by atoms with Crippen molar-refractivity contribution in [1.82, 2.24) is 15.1 Å². The van der Waals surface area contributed by atoms with Gasteiger partial charge in [0.15, 0.2) is 0 Å². The molecule has 0 aromatic heterocycles. The van der Waals surface area contributed by atoms with Gasteiger partial charge in [0.05, 0.1) is 16.8 Å². The van der Waals surface area contributed by atoms with Gasteiger partial charge in [-0.05, 0) is 37.5 Å². The van der Waals surface area contributed by atoms with Gasteiger partial charge in [-0.1, -0.05) is 23.2 Å². The lowest BCUT2D eigenvalue weighted by Crippen LogP contribution is -2.60. The molecule has 3 fully saturated rings. The number of hydrogen-bond acceptors (Lipinski definition) is 3. The van der Waals surface area contributed by atoms with Crippen molar-refractivity contribution in [2.45, 2.75) is 37.4 Å². The van der Waals surface area contributed by atoms with Crippen LogP contribution in [-0.4, -0.2) is 58.9 Å². The smallest absolute Gasteiger partial charge is 0.319 e. The van der Waals surface area contributed by atoms with Gasteiger partial charge in [-0.25, -0.2) is 4.79 Å². The first kappa shape index (κ1) is 17.4. The number of nitrogens with zero attached hydrogens (tertiary/aromatic N) is 2. The number of amides is 4. The molecule has 2 N–H and O–H groups in total. The Kier molecular flexibility index (Phi) is 4.44. The number of carbonyl (C=O) groups is 3. The second-order valence-corrected chi connectivity index (χ2v) is 7.69. The summed E-state index contributed by atoms with van der Waals surface area (Å²) in [6.07, 6.45) is 2.01. The van der Waals surface area contributed by atoms with Crippen LogP contribution in [0.5, 0.6) is 0 Å². The largest absolute Gasteiger partial charge is 0.333 e. The van der Waals surface area contributed by atoms with Crippen molar-refractivity contribution in [3.63, 3.8) is 0 Å². The Balaban J connectivity index is 1.41. The molecule has 1 aromatic rings. The number of benzene rings is 1. The number of nitrogens with one attached hydrogen (secondary N) is 2. The van der Waals surface area contributed by atoms with Gasteiger partial charge in [-0.3, -0.25) is 9.59 Å². The second kappa shape index (κ2) is 6.63. The van der Waals surface area contributed by atoms with E-state index in [4.69, 9.17) is 23.2 Å². The van der Waals surface area contributed by atoms with Gasteiger partial charge in [0.25, 0.3) is 0 Å². The molecule has 1 aromatic carbocycles. The first-order valence-corrected chi connectivity index (χ1v) is 9.33. The SMILES string of the molecule is O=C(Nc1cc(Cl)ccc1Cl)N[C@H]1C[C@H]2C(=O)N3CCC[C@H]3C(=O)N2C1. The Morgan fingerprint density at radius 2 is 1.88 bits per heavy atom. The molecule has 0 spiro atoms. The second-order valence-electron chi connectivity index (χ2n) is 6.85. The molecule has 3 atom stereocenters. The van der Waals surface area contributed by atoms with Gasteiger partial charge < -0.3 is 20.4 Å². The van der Waals surface area contributed by atoms with E-state index in [9.17, 15) is 14.4 Å². The third kappa shape index (κ3) is 2.99. The van der Waals surface area contributed by atoms with Crippen molar-refractivity contribution in [2.75, 3.05) is 18.4 Å². The van der Waals surface area contributed by atoms with E-state index in [0.717, 1.165) is 12.8 Å². The van der Waals surface area contributed by atoms with Gasteiger partial charge >= 0.3 is 6.03 Å². The standard InChI is InChI=1S/C17H18Cl2N4O3/c18-9-3-4-11(19)12(6-9)21-17(26)20-10-7-14-16(25)22-5-1-2-13(22)15(24)23(14)8-10/h3-4,6,10,13-14H,1-2,5,7-8H2,(H2,20,21,26)/t10-,13-,14-/m0/s1. The van der Waals surface area contributed by atoms with E-state index in [-0.39, 0.29) is 23.9 Å². The van der Waals surface area contributed by atoms with Crippen LogP contribution in [0, 0.1) is 0 Å². The Morgan fingerprint density at radius 3 is 2.69 bits per heavy atom. The fourth-order valence-electron chi connectivity index (χ4n) is 4.03. The lowest BCUT2D eigenvalue weighted by atomic mass is 10.1. The molecule has 7 nitrogen and oxygen atoms in total. The topological polar surface area (TPSA) is 81.8 Å². The van der Waals surface area contributed by atoms with Gasteiger partial charge in [-0.15, -0.1) is 0 Å². The van der Waals surface area contributed by atoms with Crippen LogP contribution in [0.3, 0.4) is 0 Å². The van der Waals surface area contributed by atoms with Crippen molar-refractivity contribution in [2.24, 2.45) is 0 Å². The zero-order chi connectivity index (χ0) is 18.4. The van der Waals surface area contributed by atoms with Crippen molar-refractivity contribution in [3.8, 4) is 0 Å². The minimum atomic E-state index is -0.475. The molecule has 0 saturated carbocycles. The molecule has 3 aliphatic rings. The summed E-state index contributed by atoms with van der Waals surface area (Å²) in [5, 5.41) is 6.31. The average Bonchev–Trinajstić information content (AvgIpc) is 3.23. The number of anilines is 1. The molecule has 0 bridgehead atoms. The first-order chi connectivity index (χ1) is 12.4. The third-order valence-electron chi connectivity index (χ3n) is 5.20. The maximum atomic E-state index is 12.6. The fraction of sp³-hybridized carbons (Fsp3) is 0.471. The first-order valence-electron chi connectivity index (χ1n) is 8.57. The Bertz CT molecular complexity index is 757. The molecule has 4 amide bonds. The van der Waals surface area contributed by atoms with Crippen LogP contribution in [0.15, 0.2) is 18.2 Å². The molecular weight excluding hydrogens is 379 g/mol. The van der Waals surface area contributed by atoms with E-state index < -0.39 is 12.1 Å². The van der Waals surface area contributed by atoms with Crippen LogP contribution >= 0.6 is 23.2 Å². The van der Waals surface area contributed by atoms with Gasteiger partial charge in [0.2, 0.25) is 11.8 Å². The summed E-state index contributed by atoms with van der Waals surface area (Å²) in [7, 11) is 0. The number of carbonyl (C=O) groups excluding carboxylic acids is 3. The molecule has 0 radical (unpaired) electrons. The van der Waals surface area contributed by atoms with E-state index in [0.29, 0.717) is 35.2 Å². The molecule has 26 heavy (non-hydrogen) atoms. The number of hydrogen-bond donors (Lipinski definition) is 2. The van der Waals surface area contributed by atoms with E-state index >= 15 is 0 Å². The minimum Gasteiger partial charge on any atom is -0.333 e. The van der Waals surface area contributed by atoms with Crippen LogP contribution < -0.4 is 10.6 Å². The number of urea groups is 1. The zero-order valence-electron chi connectivity index (χ0n) is 13.9. The summed E-state index contributed by atoms with van der Waals surface area (Å²) in [4.78, 5) is 40.8. The molecule has 3 saturated heterocycles. The monoisotopic (exact) mass is 396 g/mol. The fourth-order valence-corrected chi connectivity index (χ4v) is 4.36. The molecule has 4 rings (SSSR count). The van der Waals surface area contributed by atoms with Crippen molar-refractivity contribution < 1.29 is 14.4 Å². The Morgan fingerprint density at radius 1 is 1.12 bits per heavy atom. The number of halogens is 2. The summed E-state index contributed by atoms with van der Waals surface area (Å²) in [5.41, 5.74) is 0.403. The molecular formula is C17H18Cl2N4O3. The molecule has 138 valence electrons. The van der Waals surface area contributed by atoms with Crippen molar-refractivity contribution in [3.05, 3.63) is 28.2 Å². The van der Waals surface area contributed by atoms with Gasteiger partial charge in [0.1, 0.15) is 12.1 Å². The van der Waals surface area contributed by atoms with E-state index in [1.807, 2.05) is 0 Å². The summed E-state index contributed by atoms with van der Waals surface area (Å²) < 4.78 is 0. The molecule has 3 aliphatic heterocycles. The zero-order valence-corrected chi connectivity index (χ0v) is 15.4. The quantitative estimate of drug-likeness (QED) is 0.802. The van der Waals surface area contributed by atoms with Crippen LogP contribution in [-0.2, 0) is 9.59 Å². The van der Waals surface area contributed by atoms with Crippen LogP contribution in [0.2, 0.25) is 10.0 Å². The summed E-state index contributed by atoms with van der Waals surface area (Å²) in [6, 6.07) is 3.26. The van der Waals surface area contributed by atoms with Crippen LogP contribution in [0.1, 0.15) is 19.3 Å². The highest BCUT2D eigenvalue weighted by Crippen LogP contribution is 2.32. The maximum absolute atomic E-state index is 12.6. The summed E-state index contributed by atoms with van der Waals surface area (Å²) in [6.45, 7) is 0.988. The Labute approximate surface area is 160 Å². The highest BCUT2D eigenvalue weighted by molar-refractivity contribution is 6.35. The van der Waals surface area contributed by atoms with Gasteiger partial charge in [-0.2, -0.15) is 0 Å². The number of rotatable bonds is 2. The maximum Gasteiger partial charge on any atom is 0.319 e.